The number of carbonyl (C=O) groups is 1. The highest BCUT2D eigenvalue weighted by Gasteiger charge is 2.66. The molecule has 1 saturated heterocycles. The molecule has 70 valence electrons. The van der Waals surface area contributed by atoms with Crippen LogP contribution in [-0.2, 0) is 9.53 Å². The highest BCUT2D eigenvalue weighted by Crippen LogP contribution is 2.62. The summed E-state index contributed by atoms with van der Waals surface area (Å²) in [4.78, 5) is 11.5. The molecule has 2 aliphatic rings. The van der Waals surface area contributed by atoms with Gasteiger partial charge in [-0.1, -0.05) is 23.8 Å². The van der Waals surface area contributed by atoms with Crippen molar-refractivity contribution in [2.75, 3.05) is 6.61 Å². The maximum atomic E-state index is 11.5. The van der Waals surface area contributed by atoms with Crippen molar-refractivity contribution in [1.29, 1.82) is 0 Å². The molecular formula is C11H14O2. The number of rotatable bonds is 2. The number of carbonyl (C=O) groups excluding carboxylic acids is 1. The zero-order valence-corrected chi connectivity index (χ0v) is 8.04. The summed E-state index contributed by atoms with van der Waals surface area (Å²) in [5.74, 6) is 0.442. The highest BCUT2D eigenvalue weighted by molar-refractivity contribution is 5.87. The zero-order chi connectivity index (χ0) is 9.47. The van der Waals surface area contributed by atoms with Gasteiger partial charge < -0.3 is 4.74 Å². The molecule has 2 fully saturated rings. The van der Waals surface area contributed by atoms with Crippen molar-refractivity contribution in [2.45, 2.75) is 20.3 Å². The molecule has 2 atom stereocenters. The average Bonchev–Trinajstić information content (AvgIpc) is 2.79. The third kappa shape index (κ3) is 1.05. The van der Waals surface area contributed by atoms with Gasteiger partial charge >= 0.3 is 5.97 Å². The fourth-order valence-corrected chi connectivity index (χ4v) is 2.12. The minimum atomic E-state index is -0.223. The van der Waals surface area contributed by atoms with E-state index in [9.17, 15) is 4.79 Å². The summed E-state index contributed by atoms with van der Waals surface area (Å²) in [6.45, 7) is 4.62. The second kappa shape index (κ2) is 2.72. The van der Waals surface area contributed by atoms with E-state index >= 15 is 0 Å². The number of hydrogen-bond acceptors (Lipinski definition) is 2. The molecule has 2 heteroatoms. The number of allylic oxidation sites excluding steroid dienone is 3. The first-order valence-corrected chi connectivity index (χ1v) is 4.69. The van der Waals surface area contributed by atoms with Gasteiger partial charge in [0.05, 0.1) is 12.0 Å². The minimum Gasteiger partial charge on any atom is -0.465 e. The smallest absolute Gasteiger partial charge is 0.316 e. The molecule has 1 aliphatic carbocycles. The lowest BCUT2D eigenvalue weighted by molar-refractivity contribution is -0.143. The van der Waals surface area contributed by atoms with E-state index in [1.165, 1.54) is 0 Å². The lowest BCUT2D eigenvalue weighted by Gasteiger charge is -2.08. The largest absolute Gasteiger partial charge is 0.465 e. The zero-order valence-electron chi connectivity index (χ0n) is 8.04. The van der Waals surface area contributed by atoms with E-state index < -0.39 is 0 Å². The van der Waals surface area contributed by atoms with Gasteiger partial charge in [-0.2, -0.15) is 0 Å². The van der Waals surface area contributed by atoms with Gasteiger partial charge in [-0.3, -0.25) is 4.79 Å². The molecule has 1 aliphatic heterocycles. The Balaban J connectivity index is 2.22. The molecule has 13 heavy (non-hydrogen) atoms. The molecule has 0 radical (unpaired) electrons. The van der Waals surface area contributed by atoms with Crippen molar-refractivity contribution < 1.29 is 9.53 Å². The summed E-state index contributed by atoms with van der Waals surface area (Å²) in [6, 6.07) is 0. The standard InChI is InChI=1S/C11H14O2/c1-3-4-5-8(2)11-6-9(11)7-13-10(11)12/h3-5,9H,6-7H2,1-2H3/b4-3-,8-5+/t9-,11+/m0/s1. The van der Waals surface area contributed by atoms with Gasteiger partial charge in [0.1, 0.15) is 0 Å². The number of esters is 1. The van der Waals surface area contributed by atoms with E-state index in [0.29, 0.717) is 12.5 Å². The first kappa shape index (κ1) is 8.54. The summed E-state index contributed by atoms with van der Waals surface area (Å²) in [6.07, 6.45) is 6.96. The minimum absolute atomic E-state index is 0.0178. The van der Waals surface area contributed by atoms with E-state index in [1.807, 2.05) is 32.1 Å². The number of hydrogen-bond donors (Lipinski definition) is 0. The van der Waals surface area contributed by atoms with Gasteiger partial charge in [0.25, 0.3) is 0 Å². The molecular weight excluding hydrogens is 164 g/mol. The Morgan fingerprint density at radius 2 is 2.46 bits per heavy atom. The van der Waals surface area contributed by atoms with Crippen LogP contribution in [0.2, 0.25) is 0 Å². The van der Waals surface area contributed by atoms with Crippen LogP contribution in [0.3, 0.4) is 0 Å². The van der Waals surface area contributed by atoms with Crippen molar-refractivity contribution in [3.8, 4) is 0 Å². The molecule has 0 aromatic heterocycles. The van der Waals surface area contributed by atoms with E-state index in [0.717, 1.165) is 12.0 Å². The number of cyclic esters (lactones) is 1. The molecule has 1 saturated carbocycles. The predicted octanol–water partition coefficient (Wildman–Crippen LogP) is 2.07. The van der Waals surface area contributed by atoms with Gasteiger partial charge in [-0.15, -0.1) is 0 Å². The maximum absolute atomic E-state index is 11.5. The Morgan fingerprint density at radius 1 is 1.69 bits per heavy atom. The first-order valence-electron chi connectivity index (χ1n) is 4.69. The molecule has 0 aromatic rings. The van der Waals surface area contributed by atoms with E-state index in [4.69, 9.17) is 4.74 Å². The van der Waals surface area contributed by atoms with Crippen LogP contribution in [0.4, 0.5) is 0 Å². The summed E-state index contributed by atoms with van der Waals surface area (Å²) in [7, 11) is 0. The Morgan fingerprint density at radius 3 is 2.92 bits per heavy atom. The average molecular weight is 178 g/mol. The monoisotopic (exact) mass is 178 g/mol. The van der Waals surface area contributed by atoms with Gasteiger partial charge in [-0.25, -0.2) is 0 Å². The SMILES string of the molecule is C/C=C\C=C(/C)[C@]12C[C@H]1COC2=O. The van der Waals surface area contributed by atoms with E-state index in [2.05, 4.69) is 0 Å². The molecule has 0 unspecified atom stereocenters. The molecule has 0 bridgehead atoms. The fourth-order valence-electron chi connectivity index (χ4n) is 2.12. The molecule has 0 N–H and O–H groups in total. The van der Waals surface area contributed by atoms with Gasteiger partial charge in [0.15, 0.2) is 0 Å². The second-order valence-corrected chi connectivity index (χ2v) is 3.85. The van der Waals surface area contributed by atoms with E-state index in [1.54, 1.807) is 0 Å². The van der Waals surface area contributed by atoms with E-state index in [-0.39, 0.29) is 11.4 Å². The molecule has 0 aromatic carbocycles. The van der Waals surface area contributed by atoms with Crippen molar-refractivity contribution >= 4 is 5.97 Å². The van der Waals surface area contributed by atoms with Crippen molar-refractivity contribution in [3.05, 3.63) is 23.8 Å². The maximum Gasteiger partial charge on any atom is 0.316 e. The first-order chi connectivity index (χ1) is 6.21. The lowest BCUT2D eigenvalue weighted by atomic mass is 9.95. The fraction of sp³-hybridized carbons (Fsp3) is 0.545. The van der Waals surface area contributed by atoms with Crippen molar-refractivity contribution in [2.24, 2.45) is 11.3 Å². The van der Waals surface area contributed by atoms with Gasteiger partial charge in [0, 0.05) is 5.92 Å². The quantitative estimate of drug-likeness (QED) is 0.478. The van der Waals surface area contributed by atoms with Gasteiger partial charge in [0.2, 0.25) is 0 Å². The molecule has 0 spiro atoms. The van der Waals surface area contributed by atoms with Crippen molar-refractivity contribution in [3.63, 3.8) is 0 Å². The third-order valence-electron chi connectivity index (χ3n) is 3.13. The summed E-state index contributed by atoms with van der Waals surface area (Å²) in [5.41, 5.74) is 0.928. The Labute approximate surface area is 78.3 Å². The highest BCUT2D eigenvalue weighted by atomic mass is 16.5. The summed E-state index contributed by atoms with van der Waals surface area (Å²) >= 11 is 0. The third-order valence-corrected chi connectivity index (χ3v) is 3.13. The van der Waals surface area contributed by atoms with Crippen LogP contribution in [0, 0.1) is 11.3 Å². The summed E-state index contributed by atoms with van der Waals surface area (Å²) in [5, 5.41) is 0. The van der Waals surface area contributed by atoms with Crippen LogP contribution in [0.25, 0.3) is 0 Å². The van der Waals surface area contributed by atoms with Crippen LogP contribution in [0.1, 0.15) is 20.3 Å². The number of fused-ring (bicyclic) bond motifs is 1. The molecule has 2 nitrogen and oxygen atoms in total. The second-order valence-electron chi connectivity index (χ2n) is 3.85. The Bertz CT molecular complexity index is 301. The molecule has 1 heterocycles. The Hall–Kier alpha value is -1.05. The van der Waals surface area contributed by atoms with Crippen LogP contribution in [-0.4, -0.2) is 12.6 Å². The topological polar surface area (TPSA) is 26.3 Å². The normalized spacial score (nSPS) is 37.8. The van der Waals surface area contributed by atoms with Crippen molar-refractivity contribution in [1.82, 2.24) is 0 Å². The Kier molecular flexibility index (Phi) is 1.79. The van der Waals surface area contributed by atoms with Crippen LogP contribution in [0.5, 0.6) is 0 Å². The molecule has 0 amide bonds. The van der Waals surface area contributed by atoms with Gasteiger partial charge in [-0.05, 0) is 20.3 Å². The van der Waals surface area contributed by atoms with Crippen LogP contribution >= 0.6 is 0 Å². The lowest BCUT2D eigenvalue weighted by Crippen LogP contribution is -2.14. The molecule has 2 rings (SSSR count). The van der Waals surface area contributed by atoms with Crippen LogP contribution in [0.15, 0.2) is 23.8 Å². The van der Waals surface area contributed by atoms with Crippen LogP contribution < -0.4 is 0 Å². The summed E-state index contributed by atoms with van der Waals surface area (Å²) < 4.78 is 5.02. The predicted molar refractivity (Wildman–Crippen MR) is 50.1 cm³/mol. The number of ether oxygens (including phenoxy) is 1.